The van der Waals surface area contributed by atoms with E-state index in [2.05, 4.69) is 25.6 Å². The van der Waals surface area contributed by atoms with E-state index < -0.39 is 17.7 Å². The summed E-state index contributed by atoms with van der Waals surface area (Å²) in [4.78, 5) is 13.4. The molecule has 2 aliphatic rings. The van der Waals surface area contributed by atoms with Crippen LogP contribution in [0.3, 0.4) is 0 Å². The molecule has 2 saturated carbocycles. The molecule has 5 N–H and O–H groups in total. The minimum Gasteiger partial charge on any atom is -0.454 e. The van der Waals surface area contributed by atoms with Gasteiger partial charge in [0.1, 0.15) is 22.3 Å². The van der Waals surface area contributed by atoms with E-state index >= 15 is 0 Å². The van der Waals surface area contributed by atoms with E-state index in [9.17, 15) is 15.3 Å². The van der Waals surface area contributed by atoms with Crippen molar-refractivity contribution in [1.82, 2.24) is 15.0 Å². The lowest BCUT2D eigenvalue weighted by atomic mass is 9.99. The molecule has 0 spiro atoms. The van der Waals surface area contributed by atoms with Gasteiger partial charge in [-0.2, -0.15) is 4.98 Å². The van der Waals surface area contributed by atoms with Crippen LogP contribution in [-0.4, -0.2) is 74.4 Å². The van der Waals surface area contributed by atoms with Crippen LogP contribution in [0, 0.1) is 11.8 Å². The van der Waals surface area contributed by atoms with Crippen molar-refractivity contribution in [3.63, 3.8) is 0 Å². The fourth-order valence-corrected chi connectivity index (χ4v) is 5.35. The molecule has 0 aromatic carbocycles. The molecule has 0 amide bonds. The van der Waals surface area contributed by atoms with Gasteiger partial charge in [-0.3, -0.25) is 4.98 Å². The summed E-state index contributed by atoms with van der Waals surface area (Å²) in [7, 11) is 0. The number of aliphatic hydroxyl groups excluding tert-OH is 2. The zero-order valence-electron chi connectivity index (χ0n) is 19.7. The molecule has 3 heterocycles. The third kappa shape index (κ3) is 4.23. The largest absolute Gasteiger partial charge is 0.454 e. The van der Waals surface area contributed by atoms with Crippen molar-refractivity contribution in [3.05, 3.63) is 29.2 Å². The van der Waals surface area contributed by atoms with Crippen molar-refractivity contribution in [2.24, 2.45) is 11.8 Å². The zero-order chi connectivity index (χ0) is 24.7. The Morgan fingerprint density at radius 1 is 1.29 bits per heavy atom. The Kier molecular flexibility index (Phi) is 6.58. The molecule has 3 aromatic heterocycles. The molecule has 0 saturated heterocycles. The summed E-state index contributed by atoms with van der Waals surface area (Å²) in [5.74, 6) is 0.598. The van der Waals surface area contributed by atoms with Crippen LogP contribution >= 0.6 is 11.6 Å². The van der Waals surface area contributed by atoms with E-state index in [-0.39, 0.29) is 23.6 Å². The summed E-state index contributed by atoms with van der Waals surface area (Å²) in [5, 5.41) is 38.6. The first-order valence-electron chi connectivity index (χ1n) is 12.0. The highest BCUT2D eigenvalue weighted by Crippen LogP contribution is 2.59. The SMILES string of the molecule is CCOCCNc1nc(Cl)c(-c2cc3cc(CC)ncc3o2)c(NC2C3CC(CO)C(O)C32O)n1. The summed E-state index contributed by atoms with van der Waals surface area (Å²) in [6, 6.07) is 3.39. The lowest BCUT2D eigenvalue weighted by Gasteiger charge is -2.23. The first-order valence-corrected chi connectivity index (χ1v) is 12.3. The van der Waals surface area contributed by atoms with Gasteiger partial charge in [-0.05, 0) is 31.9 Å². The summed E-state index contributed by atoms with van der Waals surface area (Å²) in [6.07, 6.45) is 1.97. The molecular formula is C24H30ClN5O5. The molecule has 0 aliphatic heterocycles. The number of hydrogen-bond acceptors (Lipinski definition) is 10. The molecule has 0 radical (unpaired) electrons. The number of anilines is 2. The van der Waals surface area contributed by atoms with Crippen molar-refractivity contribution in [2.45, 2.75) is 44.4 Å². The second-order valence-corrected chi connectivity index (χ2v) is 9.46. The van der Waals surface area contributed by atoms with E-state index in [1.54, 1.807) is 6.20 Å². The van der Waals surface area contributed by atoms with Crippen LogP contribution in [0.25, 0.3) is 22.3 Å². The normalized spacial score (nSPS) is 27.3. The Balaban J connectivity index is 1.49. The number of aliphatic hydroxyl groups is 3. The first-order chi connectivity index (χ1) is 16.9. The Labute approximate surface area is 207 Å². The standard InChI is InChI=1S/C24H30ClN5O5/c1-3-14-7-12-9-16(35-17(12)10-27-14)18-21(25)29-23(26-5-6-34-4-2)30-22(18)28-19-15-8-13(11-31)20(32)24(15,19)33/h7,9-10,13,15,19-20,31-33H,3-6,8,11H2,1-2H3,(H2,26,28,29,30). The second-order valence-electron chi connectivity index (χ2n) is 9.10. The third-order valence-corrected chi connectivity index (χ3v) is 7.33. The average molecular weight is 504 g/mol. The minimum absolute atomic E-state index is 0.169. The number of halogens is 1. The lowest BCUT2D eigenvalue weighted by molar-refractivity contribution is -0.0281. The number of nitrogens with one attached hydrogen (secondary N) is 2. The van der Waals surface area contributed by atoms with E-state index in [4.69, 9.17) is 20.8 Å². The maximum absolute atomic E-state index is 11.1. The highest BCUT2D eigenvalue weighted by molar-refractivity contribution is 6.32. The molecule has 10 nitrogen and oxygen atoms in total. The first kappa shape index (κ1) is 24.2. The molecule has 11 heteroatoms. The summed E-state index contributed by atoms with van der Waals surface area (Å²) in [5.41, 5.74) is 0.678. The molecular weight excluding hydrogens is 474 g/mol. The number of hydrogen-bond donors (Lipinski definition) is 5. The highest BCUT2D eigenvalue weighted by atomic mass is 35.5. The van der Waals surface area contributed by atoms with Gasteiger partial charge in [0.2, 0.25) is 5.95 Å². The van der Waals surface area contributed by atoms with E-state index in [0.29, 0.717) is 54.9 Å². The zero-order valence-corrected chi connectivity index (χ0v) is 20.4. The molecule has 5 unspecified atom stereocenters. The average Bonchev–Trinajstić information content (AvgIpc) is 3.11. The minimum atomic E-state index is -1.33. The summed E-state index contributed by atoms with van der Waals surface area (Å²) in [6.45, 7) is 5.37. The van der Waals surface area contributed by atoms with E-state index in [0.717, 1.165) is 17.5 Å². The number of ether oxygens (including phenoxy) is 1. The number of rotatable bonds is 10. The fraction of sp³-hybridized carbons (Fsp3) is 0.542. The van der Waals surface area contributed by atoms with Crippen LogP contribution in [0.15, 0.2) is 22.7 Å². The number of fused-ring (bicyclic) bond motifs is 2. The van der Waals surface area contributed by atoms with Crippen LogP contribution in [0.5, 0.6) is 0 Å². The second kappa shape index (κ2) is 9.51. The smallest absolute Gasteiger partial charge is 0.226 e. The molecule has 2 aliphatic carbocycles. The molecule has 188 valence electrons. The van der Waals surface area contributed by atoms with Crippen molar-refractivity contribution < 1.29 is 24.5 Å². The Morgan fingerprint density at radius 2 is 2.11 bits per heavy atom. The number of furan rings is 1. The predicted molar refractivity (Wildman–Crippen MR) is 131 cm³/mol. The third-order valence-electron chi connectivity index (χ3n) is 7.06. The van der Waals surface area contributed by atoms with Gasteiger partial charge in [-0.1, -0.05) is 18.5 Å². The van der Waals surface area contributed by atoms with Crippen LogP contribution in [0.1, 0.15) is 26.0 Å². The Bertz CT molecular complexity index is 1220. The summed E-state index contributed by atoms with van der Waals surface area (Å²) >= 11 is 6.65. The van der Waals surface area contributed by atoms with Gasteiger partial charge in [0, 0.05) is 42.7 Å². The van der Waals surface area contributed by atoms with Crippen molar-refractivity contribution >= 4 is 34.3 Å². The maximum atomic E-state index is 11.1. The van der Waals surface area contributed by atoms with Crippen LogP contribution < -0.4 is 10.6 Å². The quantitative estimate of drug-likeness (QED) is 0.206. The number of nitrogens with zero attached hydrogens (tertiary/aromatic N) is 3. The predicted octanol–water partition coefficient (Wildman–Crippen LogP) is 2.46. The molecule has 2 fully saturated rings. The molecule has 5 rings (SSSR count). The van der Waals surface area contributed by atoms with E-state index in [1.165, 1.54) is 0 Å². The van der Waals surface area contributed by atoms with Gasteiger partial charge >= 0.3 is 0 Å². The molecule has 35 heavy (non-hydrogen) atoms. The topological polar surface area (TPSA) is 146 Å². The van der Waals surface area contributed by atoms with Gasteiger partial charge in [0.05, 0.1) is 30.5 Å². The van der Waals surface area contributed by atoms with Crippen LogP contribution in [0.2, 0.25) is 5.15 Å². The van der Waals surface area contributed by atoms with Gasteiger partial charge in [0.15, 0.2) is 5.58 Å². The monoisotopic (exact) mass is 503 g/mol. The van der Waals surface area contributed by atoms with Gasteiger partial charge in [-0.15, -0.1) is 0 Å². The van der Waals surface area contributed by atoms with Gasteiger partial charge < -0.3 is 35.1 Å². The van der Waals surface area contributed by atoms with Crippen molar-refractivity contribution in [3.8, 4) is 11.3 Å². The highest BCUT2D eigenvalue weighted by Gasteiger charge is 2.74. The summed E-state index contributed by atoms with van der Waals surface area (Å²) < 4.78 is 11.4. The Morgan fingerprint density at radius 3 is 2.80 bits per heavy atom. The van der Waals surface area contributed by atoms with Crippen molar-refractivity contribution in [2.75, 3.05) is 37.0 Å². The number of aryl methyl sites for hydroxylation is 1. The van der Waals surface area contributed by atoms with Gasteiger partial charge in [-0.25, -0.2) is 4.98 Å². The number of pyridine rings is 1. The van der Waals surface area contributed by atoms with E-state index in [1.807, 2.05) is 26.0 Å². The van der Waals surface area contributed by atoms with Crippen LogP contribution in [-0.2, 0) is 11.2 Å². The molecule has 5 atom stereocenters. The molecule has 0 bridgehead atoms. The fourth-order valence-electron chi connectivity index (χ4n) is 5.09. The van der Waals surface area contributed by atoms with Crippen molar-refractivity contribution in [1.29, 1.82) is 0 Å². The number of aromatic nitrogens is 3. The maximum Gasteiger partial charge on any atom is 0.226 e. The van der Waals surface area contributed by atoms with Gasteiger partial charge in [0.25, 0.3) is 0 Å². The van der Waals surface area contributed by atoms with Crippen LogP contribution in [0.4, 0.5) is 11.8 Å². The molecule has 3 aromatic rings. The Hall–Kier alpha value is -2.50. The lowest BCUT2D eigenvalue weighted by Crippen LogP contribution is -2.38.